The van der Waals surface area contributed by atoms with Crippen molar-refractivity contribution in [3.63, 3.8) is 0 Å². The molecular weight excluding hydrogens is 318 g/mol. The fourth-order valence-electron chi connectivity index (χ4n) is 3.13. The monoisotopic (exact) mass is 341 g/mol. The Morgan fingerprint density at radius 2 is 1.96 bits per heavy atom. The lowest BCUT2D eigenvalue weighted by atomic mass is 10.1. The van der Waals surface area contributed by atoms with Gasteiger partial charge in [0.15, 0.2) is 0 Å². The zero-order chi connectivity index (χ0) is 17.3. The third-order valence-electron chi connectivity index (χ3n) is 4.70. The van der Waals surface area contributed by atoms with Crippen LogP contribution in [0.1, 0.15) is 29.2 Å². The predicted molar refractivity (Wildman–Crippen MR) is 99.7 cm³/mol. The van der Waals surface area contributed by atoms with E-state index in [9.17, 15) is 9.00 Å². The molecule has 0 fully saturated rings. The lowest BCUT2D eigenvalue weighted by Crippen LogP contribution is -2.39. The zero-order valence-electron chi connectivity index (χ0n) is 14.4. The molecule has 0 aliphatic carbocycles. The number of aryl methyl sites for hydroxylation is 2. The topological polar surface area (TPSA) is 37.4 Å². The van der Waals surface area contributed by atoms with E-state index in [1.54, 1.807) is 11.8 Å². The molecule has 1 amide bonds. The van der Waals surface area contributed by atoms with E-state index in [-0.39, 0.29) is 5.91 Å². The van der Waals surface area contributed by atoms with Gasteiger partial charge in [-0.2, -0.15) is 0 Å². The average Bonchev–Trinajstić information content (AvgIpc) is 3.00. The molecule has 1 aliphatic heterocycles. The first-order chi connectivity index (χ1) is 11.5. The number of fused-ring (bicyclic) bond motifs is 1. The quantitative estimate of drug-likeness (QED) is 0.853. The van der Waals surface area contributed by atoms with Crippen LogP contribution in [0.25, 0.3) is 0 Å². The van der Waals surface area contributed by atoms with Gasteiger partial charge in [0.1, 0.15) is 5.25 Å². The van der Waals surface area contributed by atoms with E-state index >= 15 is 0 Å². The fourth-order valence-corrected chi connectivity index (χ4v) is 4.35. The number of hydrogen-bond donors (Lipinski definition) is 0. The molecule has 0 N–H and O–H groups in total. The maximum Gasteiger partial charge on any atom is 0.242 e. The Kier molecular flexibility index (Phi) is 4.86. The summed E-state index contributed by atoms with van der Waals surface area (Å²) in [6.45, 7) is 6.52. The van der Waals surface area contributed by atoms with Gasteiger partial charge in [-0.25, -0.2) is 0 Å². The normalized spacial score (nSPS) is 15.9. The smallest absolute Gasteiger partial charge is 0.242 e. The van der Waals surface area contributed by atoms with Gasteiger partial charge < -0.3 is 4.90 Å². The average molecular weight is 341 g/mol. The van der Waals surface area contributed by atoms with Crippen molar-refractivity contribution in [1.82, 2.24) is 0 Å². The van der Waals surface area contributed by atoms with Gasteiger partial charge in [0, 0.05) is 28.8 Å². The van der Waals surface area contributed by atoms with E-state index in [0.29, 0.717) is 12.3 Å². The number of rotatable bonds is 4. The van der Waals surface area contributed by atoms with E-state index in [1.807, 2.05) is 38.1 Å². The summed E-state index contributed by atoms with van der Waals surface area (Å²) in [7, 11) is -1.23. The van der Waals surface area contributed by atoms with Crippen molar-refractivity contribution in [3.05, 3.63) is 64.7 Å². The summed E-state index contributed by atoms with van der Waals surface area (Å²) >= 11 is 0. The molecule has 2 aromatic rings. The second-order valence-electron chi connectivity index (χ2n) is 6.47. The minimum atomic E-state index is -1.23. The lowest BCUT2D eigenvalue weighted by Gasteiger charge is -2.21. The van der Waals surface area contributed by atoms with Gasteiger partial charge >= 0.3 is 0 Å². The first-order valence-corrected chi connectivity index (χ1v) is 9.68. The van der Waals surface area contributed by atoms with Crippen molar-refractivity contribution in [2.75, 3.05) is 11.4 Å². The van der Waals surface area contributed by atoms with E-state index in [0.717, 1.165) is 28.8 Å². The molecule has 2 atom stereocenters. The second kappa shape index (κ2) is 6.89. The van der Waals surface area contributed by atoms with Crippen LogP contribution in [0, 0.1) is 13.8 Å². The van der Waals surface area contributed by atoms with Crippen molar-refractivity contribution in [2.45, 2.75) is 38.2 Å². The van der Waals surface area contributed by atoms with Crippen LogP contribution in [-0.2, 0) is 27.8 Å². The first-order valence-electron chi connectivity index (χ1n) is 8.30. The van der Waals surface area contributed by atoms with Gasteiger partial charge in [-0.3, -0.25) is 9.00 Å². The standard InChI is InChI=1S/C20H23NO2S/c1-14-8-9-15(2)18(12-14)13-24(23)16(3)20(22)21-11-10-17-6-4-5-7-19(17)21/h4-9,12,16H,10-11,13H2,1-3H3. The number of benzene rings is 2. The molecule has 3 rings (SSSR count). The SMILES string of the molecule is Cc1ccc(C)c(CS(=O)C(C)C(=O)N2CCc3ccccc32)c1. The number of hydrogen-bond acceptors (Lipinski definition) is 2. The molecule has 0 radical (unpaired) electrons. The number of para-hydroxylation sites is 1. The van der Waals surface area contributed by atoms with Gasteiger partial charge in [-0.15, -0.1) is 0 Å². The van der Waals surface area contributed by atoms with Gasteiger partial charge in [0.2, 0.25) is 5.91 Å². The van der Waals surface area contributed by atoms with Gasteiger partial charge in [0.05, 0.1) is 0 Å². The Labute approximate surface area is 146 Å². The van der Waals surface area contributed by atoms with E-state index < -0.39 is 16.0 Å². The molecule has 2 unspecified atom stereocenters. The van der Waals surface area contributed by atoms with E-state index in [2.05, 4.69) is 18.2 Å². The molecule has 0 bridgehead atoms. The summed E-state index contributed by atoms with van der Waals surface area (Å²) in [6.07, 6.45) is 0.873. The highest BCUT2D eigenvalue weighted by molar-refractivity contribution is 7.85. The Morgan fingerprint density at radius 3 is 2.75 bits per heavy atom. The molecule has 24 heavy (non-hydrogen) atoms. The molecule has 1 heterocycles. The van der Waals surface area contributed by atoms with Crippen LogP contribution in [0.4, 0.5) is 5.69 Å². The molecule has 126 valence electrons. The fraction of sp³-hybridized carbons (Fsp3) is 0.350. The number of anilines is 1. The molecular formula is C20H23NO2S. The molecule has 3 nitrogen and oxygen atoms in total. The summed E-state index contributed by atoms with van der Waals surface area (Å²) in [5, 5.41) is -0.504. The number of amides is 1. The number of nitrogens with zero attached hydrogens (tertiary/aromatic N) is 1. The minimum absolute atomic E-state index is 0.0383. The predicted octanol–water partition coefficient (Wildman–Crippen LogP) is 3.53. The molecule has 0 saturated heterocycles. The number of carbonyl (C=O) groups is 1. The van der Waals surface area contributed by atoms with Crippen molar-refractivity contribution in [1.29, 1.82) is 0 Å². The van der Waals surface area contributed by atoms with Gasteiger partial charge in [0.25, 0.3) is 0 Å². The van der Waals surface area contributed by atoms with E-state index in [1.165, 1.54) is 5.56 Å². The minimum Gasteiger partial charge on any atom is -0.311 e. The summed E-state index contributed by atoms with van der Waals surface area (Å²) in [6, 6.07) is 14.1. The maximum absolute atomic E-state index is 12.8. The Morgan fingerprint density at radius 1 is 1.21 bits per heavy atom. The Bertz CT molecular complexity index is 800. The highest BCUT2D eigenvalue weighted by Crippen LogP contribution is 2.28. The summed E-state index contributed by atoms with van der Waals surface area (Å²) in [4.78, 5) is 14.6. The molecule has 0 saturated carbocycles. The molecule has 0 spiro atoms. The molecule has 0 aromatic heterocycles. The van der Waals surface area contributed by atoms with Crippen LogP contribution in [0.15, 0.2) is 42.5 Å². The Hall–Kier alpha value is -1.94. The summed E-state index contributed by atoms with van der Waals surface area (Å²) in [5.74, 6) is 0.388. The van der Waals surface area contributed by atoms with Gasteiger partial charge in [-0.1, -0.05) is 42.0 Å². The highest BCUT2D eigenvalue weighted by atomic mass is 32.2. The van der Waals surface area contributed by atoms with Crippen molar-refractivity contribution in [3.8, 4) is 0 Å². The maximum atomic E-state index is 12.8. The zero-order valence-corrected chi connectivity index (χ0v) is 15.2. The van der Waals surface area contributed by atoms with Crippen LogP contribution in [-0.4, -0.2) is 21.9 Å². The third-order valence-corrected chi connectivity index (χ3v) is 6.28. The third kappa shape index (κ3) is 3.29. The second-order valence-corrected chi connectivity index (χ2v) is 8.22. The van der Waals surface area contributed by atoms with Crippen molar-refractivity contribution >= 4 is 22.4 Å². The largest absolute Gasteiger partial charge is 0.311 e. The summed E-state index contributed by atoms with van der Waals surface area (Å²) in [5.41, 5.74) is 5.51. The van der Waals surface area contributed by atoms with Crippen molar-refractivity contribution in [2.24, 2.45) is 0 Å². The molecule has 1 aliphatic rings. The van der Waals surface area contributed by atoms with E-state index in [4.69, 9.17) is 0 Å². The lowest BCUT2D eigenvalue weighted by molar-refractivity contribution is -0.117. The van der Waals surface area contributed by atoms with Gasteiger partial charge in [-0.05, 0) is 49.9 Å². The van der Waals surface area contributed by atoms with Crippen LogP contribution in [0.5, 0.6) is 0 Å². The first kappa shape index (κ1) is 16.9. The summed E-state index contributed by atoms with van der Waals surface area (Å²) < 4.78 is 12.7. The van der Waals surface area contributed by atoms with Crippen LogP contribution >= 0.6 is 0 Å². The number of carbonyl (C=O) groups excluding carboxylic acids is 1. The Balaban J connectivity index is 1.74. The molecule has 2 aromatic carbocycles. The van der Waals surface area contributed by atoms with Crippen LogP contribution in [0.3, 0.4) is 0 Å². The van der Waals surface area contributed by atoms with Crippen LogP contribution in [0.2, 0.25) is 0 Å². The van der Waals surface area contributed by atoms with Crippen molar-refractivity contribution < 1.29 is 9.00 Å². The highest BCUT2D eigenvalue weighted by Gasteiger charge is 2.30. The van der Waals surface area contributed by atoms with Crippen LogP contribution < -0.4 is 4.90 Å². The molecule has 4 heteroatoms.